The molecule has 0 aliphatic heterocycles. The molecule has 0 spiro atoms. The molecule has 0 radical (unpaired) electrons. The van der Waals surface area contributed by atoms with Crippen LogP contribution in [0.2, 0.25) is 0 Å². The predicted octanol–water partition coefficient (Wildman–Crippen LogP) is 2.83. The van der Waals surface area contributed by atoms with Crippen LogP contribution >= 0.6 is 0 Å². The fourth-order valence-electron chi connectivity index (χ4n) is 2.00. The van der Waals surface area contributed by atoms with Gasteiger partial charge in [-0.05, 0) is 24.3 Å². The van der Waals surface area contributed by atoms with E-state index in [4.69, 9.17) is 0 Å². The van der Waals surface area contributed by atoms with Gasteiger partial charge in [0.05, 0.1) is 6.20 Å². The highest BCUT2D eigenvalue weighted by atomic mass is 19.1. The summed E-state index contributed by atoms with van der Waals surface area (Å²) >= 11 is 0. The number of anilines is 1. The number of hydrogen-bond donors (Lipinski definition) is 1. The van der Waals surface area contributed by atoms with Gasteiger partial charge in [-0.3, -0.25) is 0 Å². The average Bonchev–Trinajstić information content (AvgIpc) is 2.86. The number of rotatable bonds is 2. The van der Waals surface area contributed by atoms with Crippen LogP contribution in [0.15, 0.2) is 36.7 Å². The van der Waals surface area contributed by atoms with Crippen molar-refractivity contribution in [3.8, 4) is 11.4 Å². The summed E-state index contributed by atoms with van der Waals surface area (Å²) < 4.78 is 13.6. The van der Waals surface area contributed by atoms with E-state index >= 15 is 0 Å². The van der Waals surface area contributed by atoms with Gasteiger partial charge in [-0.1, -0.05) is 0 Å². The molecule has 1 aromatic carbocycles. The summed E-state index contributed by atoms with van der Waals surface area (Å²) in [6, 6.07) is 7.85. The molecular weight excluding hydrogens is 243 g/mol. The fourth-order valence-corrected chi connectivity index (χ4v) is 2.00. The van der Waals surface area contributed by atoms with Gasteiger partial charge in [-0.15, -0.1) is 0 Å². The molecule has 19 heavy (non-hydrogen) atoms. The first-order valence-electron chi connectivity index (χ1n) is 5.92. The second-order valence-electron chi connectivity index (χ2n) is 4.54. The highest BCUT2D eigenvalue weighted by molar-refractivity contribution is 5.83. The third-order valence-corrected chi connectivity index (χ3v) is 2.96. The lowest BCUT2D eigenvalue weighted by Crippen LogP contribution is -2.13. The van der Waals surface area contributed by atoms with E-state index in [0.29, 0.717) is 11.6 Å². The molecule has 3 aromatic rings. The lowest BCUT2D eigenvalue weighted by Gasteiger charge is -2.12. The number of nitrogens with one attached hydrogen (secondary N) is 1. The van der Waals surface area contributed by atoms with Crippen molar-refractivity contribution >= 4 is 16.7 Å². The molecule has 0 amide bonds. The highest BCUT2D eigenvalue weighted by Gasteiger charge is 2.10. The maximum absolute atomic E-state index is 13.6. The molecule has 0 aliphatic rings. The number of nitrogens with zero attached hydrogens (tertiary/aromatic N) is 3. The molecule has 0 atom stereocenters. The van der Waals surface area contributed by atoms with E-state index in [1.165, 1.54) is 6.20 Å². The van der Waals surface area contributed by atoms with Crippen molar-refractivity contribution < 1.29 is 4.39 Å². The first-order valence-corrected chi connectivity index (χ1v) is 5.92. The first-order chi connectivity index (χ1) is 9.15. The number of halogens is 1. The van der Waals surface area contributed by atoms with Gasteiger partial charge in [0.1, 0.15) is 0 Å². The smallest absolute Gasteiger partial charge is 0.183 e. The number of fused-ring (bicyclic) bond motifs is 1. The van der Waals surface area contributed by atoms with Crippen LogP contribution in [0, 0.1) is 5.82 Å². The van der Waals surface area contributed by atoms with Crippen molar-refractivity contribution in [1.29, 1.82) is 0 Å². The molecule has 3 rings (SSSR count). The summed E-state index contributed by atoms with van der Waals surface area (Å²) in [4.78, 5) is 13.1. The topological polar surface area (TPSA) is 44.8 Å². The molecule has 96 valence electrons. The maximum Gasteiger partial charge on any atom is 0.183 e. The Bertz CT molecular complexity index is 733. The summed E-state index contributed by atoms with van der Waals surface area (Å²) in [6.07, 6.45) is 3.09. The zero-order valence-electron chi connectivity index (χ0n) is 10.7. The van der Waals surface area contributed by atoms with Gasteiger partial charge in [0.25, 0.3) is 0 Å². The first kappa shape index (κ1) is 11.6. The van der Waals surface area contributed by atoms with Crippen LogP contribution < -0.4 is 4.90 Å². The van der Waals surface area contributed by atoms with Crippen LogP contribution in [0.1, 0.15) is 0 Å². The monoisotopic (exact) mass is 256 g/mol. The Kier molecular flexibility index (Phi) is 2.67. The van der Waals surface area contributed by atoms with E-state index in [1.807, 2.05) is 30.5 Å². The minimum atomic E-state index is -0.420. The Balaban J connectivity index is 2.12. The van der Waals surface area contributed by atoms with Crippen LogP contribution in [0.4, 0.5) is 10.2 Å². The second-order valence-corrected chi connectivity index (χ2v) is 4.54. The van der Waals surface area contributed by atoms with E-state index in [-0.39, 0.29) is 0 Å². The van der Waals surface area contributed by atoms with Crippen molar-refractivity contribution in [2.24, 2.45) is 0 Å². The average molecular weight is 256 g/mol. The largest absolute Gasteiger partial charge is 0.361 e. The number of aromatic nitrogens is 3. The Labute approximate surface area is 109 Å². The summed E-state index contributed by atoms with van der Waals surface area (Å²) in [5.74, 6) is 0.392. The fraction of sp³-hybridized carbons (Fsp3) is 0.143. The number of hydrogen-bond acceptors (Lipinski definition) is 3. The van der Waals surface area contributed by atoms with Crippen LogP contribution in [-0.2, 0) is 0 Å². The van der Waals surface area contributed by atoms with E-state index in [9.17, 15) is 4.39 Å². The summed E-state index contributed by atoms with van der Waals surface area (Å²) in [5.41, 5.74) is 1.92. The molecule has 0 saturated carbocycles. The SMILES string of the molecule is CN(C)c1nc(-c2ccc3[nH]ccc3c2)ncc1F. The second kappa shape index (κ2) is 4.35. The standard InChI is InChI=1S/C14H13FN4/c1-19(2)14-11(15)8-17-13(18-14)10-3-4-12-9(7-10)5-6-16-12/h3-8,16H,1-2H3. The van der Waals surface area contributed by atoms with Crippen LogP contribution in [0.3, 0.4) is 0 Å². The van der Waals surface area contributed by atoms with Crippen molar-refractivity contribution in [3.63, 3.8) is 0 Å². The molecule has 2 aromatic heterocycles. The van der Waals surface area contributed by atoms with Crippen molar-refractivity contribution in [3.05, 3.63) is 42.5 Å². The van der Waals surface area contributed by atoms with Crippen LogP contribution in [0.5, 0.6) is 0 Å². The number of benzene rings is 1. The minimum Gasteiger partial charge on any atom is -0.361 e. The molecule has 4 nitrogen and oxygen atoms in total. The molecule has 2 heterocycles. The Hall–Kier alpha value is -2.43. The predicted molar refractivity (Wildman–Crippen MR) is 73.6 cm³/mol. The molecule has 1 N–H and O–H groups in total. The minimum absolute atomic E-state index is 0.291. The summed E-state index contributed by atoms with van der Waals surface area (Å²) in [5, 5.41) is 1.08. The van der Waals surface area contributed by atoms with Gasteiger partial charge < -0.3 is 9.88 Å². The molecule has 5 heteroatoms. The molecular formula is C14H13FN4. The molecule has 0 bridgehead atoms. The third-order valence-electron chi connectivity index (χ3n) is 2.96. The van der Waals surface area contributed by atoms with E-state index < -0.39 is 5.82 Å². The number of H-pyrrole nitrogens is 1. The van der Waals surface area contributed by atoms with Gasteiger partial charge in [0, 0.05) is 36.8 Å². The Morgan fingerprint density at radius 1 is 1.21 bits per heavy atom. The van der Waals surface area contributed by atoms with Gasteiger partial charge >= 0.3 is 0 Å². The Morgan fingerprint density at radius 3 is 2.84 bits per heavy atom. The zero-order chi connectivity index (χ0) is 13.4. The van der Waals surface area contributed by atoms with Crippen molar-refractivity contribution in [2.75, 3.05) is 19.0 Å². The zero-order valence-corrected chi connectivity index (χ0v) is 10.7. The Morgan fingerprint density at radius 2 is 2.05 bits per heavy atom. The van der Waals surface area contributed by atoms with Crippen LogP contribution in [-0.4, -0.2) is 29.0 Å². The van der Waals surface area contributed by atoms with Crippen molar-refractivity contribution in [1.82, 2.24) is 15.0 Å². The van der Waals surface area contributed by atoms with E-state index in [2.05, 4.69) is 15.0 Å². The van der Waals surface area contributed by atoms with Gasteiger partial charge in [-0.25, -0.2) is 14.4 Å². The van der Waals surface area contributed by atoms with Crippen molar-refractivity contribution in [2.45, 2.75) is 0 Å². The highest BCUT2D eigenvalue weighted by Crippen LogP contribution is 2.23. The molecule has 0 unspecified atom stereocenters. The van der Waals surface area contributed by atoms with Gasteiger partial charge in [-0.2, -0.15) is 0 Å². The molecule has 0 fully saturated rings. The lowest BCUT2D eigenvalue weighted by atomic mass is 10.1. The molecule has 0 saturated heterocycles. The lowest BCUT2D eigenvalue weighted by molar-refractivity contribution is 0.612. The summed E-state index contributed by atoms with van der Waals surface area (Å²) in [7, 11) is 3.51. The maximum atomic E-state index is 13.6. The summed E-state index contributed by atoms with van der Waals surface area (Å²) in [6.45, 7) is 0. The van der Waals surface area contributed by atoms with Gasteiger partial charge in [0.15, 0.2) is 17.5 Å². The third kappa shape index (κ3) is 2.03. The number of aromatic amines is 1. The quantitative estimate of drug-likeness (QED) is 0.766. The van der Waals surface area contributed by atoms with E-state index in [1.54, 1.807) is 19.0 Å². The van der Waals surface area contributed by atoms with Gasteiger partial charge in [0.2, 0.25) is 0 Å². The van der Waals surface area contributed by atoms with Crippen LogP contribution in [0.25, 0.3) is 22.3 Å². The normalized spacial score (nSPS) is 10.9. The van der Waals surface area contributed by atoms with E-state index in [0.717, 1.165) is 16.5 Å². The molecule has 0 aliphatic carbocycles.